The number of fused-ring (bicyclic) bond motifs is 2. The molecule has 52 heavy (non-hydrogen) atoms. The Labute approximate surface area is 308 Å². The van der Waals surface area contributed by atoms with Crippen LogP contribution in [0.3, 0.4) is 0 Å². The topological polar surface area (TPSA) is 111 Å². The minimum absolute atomic E-state index is 0.0372. The van der Waals surface area contributed by atoms with Gasteiger partial charge in [-0.25, -0.2) is 4.79 Å². The van der Waals surface area contributed by atoms with E-state index < -0.39 is 40.9 Å². The number of para-hydroxylation sites is 1. The zero-order chi connectivity index (χ0) is 37.8. The number of benzene rings is 2. The lowest BCUT2D eigenvalue weighted by Crippen LogP contribution is -2.69. The van der Waals surface area contributed by atoms with E-state index in [4.69, 9.17) is 22.1 Å². The van der Waals surface area contributed by atoms with Crippen molar-refractivity contribution in [3.8, 4) is 0 Å². The molecule has 3 saturated heterocycles. The molecule has 4 heterocycles. The minimum Gasteiger partial charge on any atom is -0.436 e. The normalized spacial score (nSPS) is 22.8. The van der Waals surface area contributed by atoms with E-state index in [2.05, 4.69) is 49.9 Å². The Balaban J connectivity index is 1.18. The third kappa shape index (κ3) is 7.59. The maximum absolute atomic E-state index is 14.2. The van der Waals surface area contributed by atoms with Crippen molar-refractivity contribution >= 4 is 40.9 Å². The van der Waals surface area contributed by atoms with Crippen LogP contribution in [0.15, 0.2) is 36.4 Å². The van der Waals surface area contributed by atoms with Gasteiger partial charge in [0.05, 0.1) is 16.3 Å². The van der Waals surface area contributed by atoms with Crippen molar-refractivity contribution in [1.82, 2.24) is 19.6 Å². The van der Waals surface area contributed by atoms with Gasteiger partial charge in [0.25, 0.3) is 5.91 Å². The van der Waals surface area contributed by atoms with Crippen LogP contribution in [0.5, 0.6) is 0 Å². The first kappa shape index (κ1) is 38.2. The van der Waals surface area contributed by atoms with Gasteiger partial charge in [0.15, 0.2) is 6.10 Å². The number of nitrogens with one attached hydrogen (secondary N) is 1. The fourth-order valence-electron chi connectivity index (χ4n) is 8.83. The second-order valence-corrected chi connectivity index (χ2v) is 16.7. The number of hydrogen-bond acceptors (Lipinski definition) is 7. The van der Waals surface area contributed by atoms with Gasteiger partial charge in [-0.2, -0.15) is 13.2 Å². The molecule has 2 aromatic carbocycles. The molecule has 2 aromatic rings. The van der Waals surface area contributed by atoms with Crippen LogP contribution in [0, 0.1) is 0 Å². The molecule has 3 fully saturated rings. The van der Waals surface area contributed by atoms with Gasteiger partial charge >= 0.3 is 12.3 Å². The summed E-state index contributed by atoms with van der Waals surface area (Å²) in [7, 11) is 2.15. The molecule has 14 heteroatoms. The Morgan fingerprint density at radius 1 is 1.00 bits per heavy atom. The standard InChI is InChI=1S/C38H50ClF3N6O4/c1-35(2)22-48(23-36(3,4)45(35)5)25-10-14-46(15-11-25)33(50)30(20-24-18-27(38(40,41)42)32(43)28(39)19-24)52-34(51)47-16-12-37(13-17-47)21-31(49)44-29-9-7-6-8-26(29)37/h6-9,18-19,25,30H,10-17,20-23,43H2,1-5H3,(H,44,49)/t30-/m1/s1. The molecule has 4 aliphatic rings. The first-order valence-electron chi connectivity index (χ1n) is 18.1. The fraction of sp³-hybridized carbons (Fsp3) is 0.605. The number of anilines is 2. The van der Waals surface area contributed by atoms with E-state index in [1.807, 2.05) is 24.3 Å². The average molecular weight is 747 g/mol. The average Bonchev–Trinajstić information content (AvgIpc) is 3.07. The lowest BCUT2D eigenvalue weighted by atomic mass is 9.68. The predicted molar refractivity (Wildman–Crippen MR) is 194 cm³/mol. The molecule has 1 atom stereocenters. The summed E-state index contributed by atoms with van der Waals surface area (Å²) in [6.07, 6.45) is -4.42. The number of nitrogen functional groups attached to an aromatic ring is 1. The number of halogens is 4. The first-order chi connectivity index (χ1) is 24.3. The van der Waals surface area contributed by atoms with Gasteiger partial charge in [-0.3, -0.25) is 19.4 Å². The van der Waals surface area contributed by atoms with Gasteiger partial charge in [0.2, 0.25) is 5.91 Å². The molecule has 3 N–H and O–H groups in total. The van der Waals surface area contributed by atoms with Gasteiger partial charge in [-0.05, 0) is 89.8 Å². The summed E-state index contributed by atoms with van der Waals surface area (Å²) in [6, 6.07) is 10.1. The third-order valence-electron chi connectivity index (χ3n) is 12.0. The van der Waals surface area contributed by atoms with Gasteiger partial charge < -0.3 is 25.6 Å². The molecule has 6 rings (SSSR count). The quantitative estimate of drug-likeness (QED) is 0.353. The molecule has 10 nitrogen and oxygen atoms in total. The van der Waals surface area contributed by atoms with Gasteiger partial charge in [0.1, 0.15) is 0 Å². The van der Waals surface area contributed by atoms with E-state index >= 15 is 0 Å². The van der Waals surface area contributed by atoms with Crippen molar-refractivity contribution in [2.45, 2.75) is 101 Å². The van der Waals surface area contributed by atoms with Gasteiger partial charge in [-0.1, -0.05) is 29.8 Å². The second-order valence-electron chi connectivity index (χ2n) is 16.3. The fourth-order valence-corrected chi connectivity index (χ4v) is 9.07. The molecule has 284 valence electrons. The highest BCUT2D eigenvalue weighted by Gasteiger charge is 2.46. The van der Waals surface area contributed by atoms with Crippen LogP contribution in [0.25, 0.3) is 0 Å². The number of amides is 3. The highest BCUT2D eigenvalue weighted by molar-refractivity contribution is 6.33. The molecule has 4 aliphatic heterocycles. The minimum atomic E-state index is -4.77. The molecule has 0 saturated carbocycles. The molecule has 3 amide bonds. The summed E-state index contributed by atoms with van der Waals surface area (Å²) in [5, 5.41) is 2.64. The first-order valence-corrected chi connectivity index (χ1v) is 18.4. The molecule has 1 spiro atoms. The molecule has 0 bridgehead atoms. The van der Waals surface area contributed by atoms with E-state index in [0.29, 0.717) is 32.4 Å². The number of alkyl halides is 3. The number of carbonyl (C=O) groups is 3. The number of nitrogens with zero attached hydrogens (tertiary/aromatic N) is 4. The summed E-state index contributed by atoms with van der Waals surface area (Å²) in [5.41, 5.74) is 5.35. The van der Waals surface area contributed by atoms with Crippen LogP contribution in [0.4, 0.5) is 29.3 Å². The van der Waals surface area contributed by atoms with Crippen LogP contribution in [0.2, 0.25) is 5.02 Å². The number of likely N-dealkylation sites (N-methyl/N-ethyl adjacent to an activating group) is 1. The van der Waals surface area contributed by atoms with Crippen molar-refractivity contribution in [2.75, 3.05) is 57.4 Å². The molecular formula is C38H50ClF3N6O4. The summed E-state index contributed by atoms with van der Waals surface area (Å²) in [6.45, 7) is 12.1. The Bertz CT molecular complexity index is 1680. The van der Waals surface area contributed by atoms with Crippen LogP contribution in [-0.4, -0.2) is 107 Å². The number of hydrogen-bond donors (Lipinski definition) is 2. The molecule has 0 unspecified atom stereocenters. The van der Waals surface area contributed by atoms with Crippen molar-refractivity contribution in [3.63, 3.8) is 0 Å². The summed E-state index contributed by atoms with van der Waals surface area (Å²) in [4.78, 5) is 48.6. The number of piperidine rings is 2. The van der Waals surface area contributed by atoms with E-state index in [1.54, 1.807) is 4.90 Å². The van der Waals surface area contributed by atoms with Crippen LogP contribution >= 0.6 is 11.6 Å². The molecule has 0 aromatic heterocycles. The predicted octanol–water partition coefficient (Wildman–Crippen LogP) is 6.16. The Morgan fingerprint density at radius 2 is 1.62 bits per heavy atom. The highest BCUT2D eigenvalue weighted by Crippen LogP contribution is 2.45. The Hall–Kier alpha value is -3.55. The van der Waals surface area contributed by atoms with Crippen LogP contribution in [0.1, 0.15) is 76.5 Å². The monoisotopic (exact) mass is 746 g/mol. The van der Waals surface area contributed by atoms with E-state index in [1.165, 1.54) is 11.0 Å². The number of rotatable bonds is 5. The number of likely N-dealkylation sites (tertiary alicyclic amines) is 2. The smallest absolute Gasteiger partial charge is 0.418 e. The van der Waals surface area contributed by atoms with Gasteiger partial charge in [-0.15, -0.1) is 0 Å². The van der Waals surface area contributed by atoms with E-state index in [-0.39, 0.29) is 53.1 Å². The van der Waals surface area contributed by atoms with E-state index in [9.17, 15) is 27.6 Å². The Morgan fingerprint density at radius 3 is 2.23 bits per heavy atom. The third-order valence-corrected chi connectivity index (χ3v) is 12.3. The maximum atomic E-state index is 14.2. The second kappa shape index (κ2) is 14.0. The number of nitrogens with two attached hydrogens (primary N) is 1. The lowest BCUT2D eigenvalue weighted by molar-refractivity contribution is -0.143. The molecule has 0 aliphatic carbocycles. The lowest BCUT2D eigenvalue weighted by Gasteiger charge is -2.57. The summed E-state index contributed by atoms with van der Waals surface area (Å²) >= 11 is 6.15. The summed E-state index contributed by atoms with van der Waals surface area (Å²) in [5.74, 6) is -0.539. The Kier molecular flexibility index (Phi) is 10.3. The number of ether oxygens (including phenoxy) is 1. The van der Waals surface area contributed by atoms with Crippen molar-refractivity contribution in [3.05, 3.63) is 58.1 Å². The zero-order valence-electron chi connectivity index (χ0n) is 30.6. The maximum Gasteiger partial charge on any atom is 0.418 e. The number of piperazine rings is 1. The number of carbonyl (C=O) groups excluding carboxylic acids is 3. The summed E-state index contributed by atoms with van der Waals surface area (Å²) < 4.78 is 47.6. The van der Waals surface area contributed by atoms with Crippen molar-refractivity contribution in [2.24, 2.45) is 0 Å². The zero-order valence-corrected chi connectivity index (χ0v) is 31.4. The van der Waals surface area contributed by atoms with E-state index in [0.717, 1.165) is 43.2 Å². The van der Waals surface area contributed by atoms with Crippen LogP contribution in [-0.2, 0) is 32.3 Å². The highest BCUT2D eigenvalue weighted by atomic mass is 35.5. The van der Waals surface area contributed by atoms with Crippen molar-refractivity contribution < 1.29 is 32.3 Å². The van der Waals surface area contributed by atoms with Crippen molar-refractivity contribution in [1.29, 1.82) is 0 Å². The molecule has 0 radical (unpaired) electrons. The largest absolute Gasteiger partial charge is 0.436 e. The van der Waals surface area contributed by atoms with Gasteiger partial charge in [0, 0.05) is 80.3 Å². The SMILES string of the molecule is CN1C(C)(C)CN(C2CCN(C(=O)[C@@H](Cc3cc(Cl)c(N)c(C(F)(F)F)c3)OC(=O)N3CCC4(CC3)CC(=O)Nc3ccccc34)CC2)CC1(C)C. The molecular weight excluding hydrogens is 697 g/mol. The van der Waals surface area contributed by atoms with Crippen LogP contribution < -0.4 is 11.1 Å².